The number of hydrogen-bond acceptors (Lipinski definition) is 6. The third-order valence-corrected chi connectivity index (χ3v) is 8.43. The second-order valence-corrected chi connectivity index (χ2v) is 10.1. The molecule has 1 saturated carbocycles. The van der Waals surface area contributed by atoms with Crippen LogP contribution in [0.2, 0.25) is 0 Å². The Morgan fingerprint density at radius 3 is 2.14 bits per heavy atom. The fourth-order valence-electron chi connectivity index (χ4n) is 5.77. The first-order valence-electron chi connectivity index (χ1n) is 11.8. The molecule has 2 fully saturated rings. The zero-order chi connectivity index (χ0) is 25.0. The van der Waals surface area contributed by atoms with E-state index in [0.717, 1.165) is 16.3 Å². The van der Waals surface area contributed by atoms with Gasteiger partial charge in [0.05, 0.1) is 19.6 Å². The summed E-state index contributed by atoms with van der Waals surface area (Å²) in [7, 11) is 3.21. The molecule has 3 aromatic carbocycles. The van der Waals surface area contributed by atoms with Crippen LogP contribution in [0.1, 0.15) is 50.8 Å². The quantitative estimate of drug-likeness (QED) is 0.433. The third-order valence-electron chi connectivity index (χ3n) is 8.43. The van der Waals surface area contributed by atoms with E-state index in [9.17, 15) is 9.59 Å². The van der Waals surface area contributed by atoms with Crippen molar-refractivity contribution in [1.29, 1.82) is 0 Å². The number of benzene rings is 3. The Labute approximate surface area is 205 Å². The predicted molar refractivity (Wildman–Crippen MR) is 131 cm³/mol. The summed E-state index contributed by atoms with van der Waals surface area (Å²) < 4.78 is 23.7. The molecule has 1 heterocycles. The van der Waals surface area contributed by atoms with Crippen LogP contribution in [-0.4, -0.2) is 31.8 Å². The molecule has 3 atom stereocenters. The van der Waals surface area contributed by atoms with Crippen LogP contribution in [0, 0.1) is 10.8 Å². The standard InChI is InChI=1S/C29H30O6/c1-27(2)28(3)15-16-29(27,35-25(28)30)26(31)34-23(18-11-7-6-8-12-18)21-17-22(32-4)19-13-9-10-14-20(19)24(21)33-5/h6-14,17,23H,15-16H2,1-5H3/t23-,28+,29-/m1/s1. The zero-order valence-corrected chi connectivity index (χ0v) is 20.7. The summed E-state index contributed by atoms with van der Waals surface area (Å²) in [5.41, 5.74) is -1.34. The number of carbonyl (C=O) groups excluding carboxylic acids is 2. The first kappa shape index (κ1) is 23.2. The smallest absolute Gasteiger partial charge is 0.352 e. The van der Waals surface area contributed by atoms with Crippen molar-refractivity contribution >= 4 is 22.7 Å². The fraction of sp³-hybridized carbons (Fsp3) is 0.379. The van der Waals surface area contributed by atoms with Gasteiger partial charge in [0.1, 0.15) is 11.5 Å². The first-order chi connectivity index (χ1) is 16.7. The highest BCUT2D eigenvalue weighted by Crippen LogP contribution is 2.66. The number of ether oxygens (including phenoxy) is 4. The summed E-state index contributed by atoms with van der Waals surface area (Å²) in [5.74, 6) is 0.360. The Kier molecular flexibility index (Phi) is 5.31. The molecule has 3 aromatic rings. The minimum Gasteiger partial charge on any atom is -0.496 e. The van der Waals surface area contributed by atoms with Gasteiger partial charge in [-0.25, -0.2) is 4.79 Å². The van der Waals surface area contributed by atoms with E-state index in [-0.39, 0.29) is 5.97 Å². The van der Waals surface area contributed by atoms with Crippen molar-refractivity contribution in [2.45, 2.75) is 45.3 Å². The monoisotopic (exact) mass is 474 g/mol. The van der Waals surface area contributed by atoms with E-state index in [1.54, 1.807) is 14.2 Å². The highest BCUT2D eigenvalue weighted by molar-refractivity contribution is 5.96. The van der Waals surface area contributed by atoms with Gasteiger partial charge < -0.3 is 18.9 Å². The minimum absolute atomic E-state index is 0.341. The van der Waals surface area contributed by atoms with Gasteiger partial charge in [-0.15, -0.1) is 0 Å². The summed E-state index contributed by atoms with van der Waals surface area (Å²) >= 11 is 0. The fourth-order valence-corrected chi connectivity index (χ4v) is 5.77. The lowest BCUT2D eigenvalue weighted by atomic mass is 9.66. The largest absolute Gasteiger partial charge is 0.496 e. The molecule has 2 bridgehead atoms. The average molecular weight is 475 g/mol. The van der Waals surface area contributed by atoms with Gasteiger partial charge in [0.2, 0.25) is 5.60 Å². The van der Waals surface area contributed by atoms with Gasteiger partial charge in [0.15, 0.2) is 6.10 Å². The van der Waals surface area contributed by atoms with Crippen LogP contribution in [0.5, 0.6) is 11.5 Å². The Hall–Kier alpha value is -3.54. The van der Waals surface area contributed by atoms with Crippen molar-refractivity contribution in [2.24, 2.45) is 10.8 Å². The van der Waals surface area contributed by atoms with Gasteiger partial charge in [0, 0.05) is 21.8 Å². The second kappa shape index (κ2) is 8.01. The van der Waals surface area contributed by atoms with Crippen molar-refractivity contribution in [1.82, 2.24) is 0 Å². The van der Waals surface area contributed by atoms with Crippen molar-refractivity contribution in [3.05, 3.63) is 71.8 Å². The molecule has 2 aliphatic rings. The molecule has 35 heavy (non-hydrogen) atoms. The van der Waals surface area contributed by atoms with E-state index < -0.39 is 28.5 Å². The molecule has 6 nitrogen and oxygen atoms in total. The Balaban J connectivity index is 1.66. The molecule has 1 aliphatic heterocycles. The van der Waals surface area contributed by atoms with Gasteiger partial charge >= 0.3 is 11.9 Å². The van der Waals surface area contributed by atoms with Crippen LogP contribution in [0.3, 0.4) is 0 Å². The average Bonchev–Trinajstić information content (AvgIpc) is 3.17. The van der Waals surface area contributed by atoms with Gasteiger partial charge in [-0.1, -0.05) is 68.4 Å². The van der Waals surface area contributed by atoms with Crippen LogP contribution in [0.4, 0.5) is 0 Å². The van der Waals surface area contributed by atoms with Gasteiger partial charge in [-0.3, -0.25) is 4.79 Å². The Morgan fingerprint density at radius 2 is 1.57 bits per heavy atom. The normalized spacial score (nSPS) is 25.2. The second-order valence-electron chi connectivity index (χ2n) is 10.1. The zero-order valence-electron chi connectivity index (χ0n) is 20.7. The first-order valence-corrected chi connectivity index (χ1v) is 11.8. The number of methoxy groups -OCH3 is 2. The molecule has 0 spiro atoms. The van der Waals surface area contributed by atoms with Crippen LogP contribution in [-0.2, 0) is 19.1 Å². The molecule has 1 aliphatic carbocycles. The summed E-state index contributed by atoms with van der Waals surface area (Å²) in [5, 5.41) is 1.74. The Morgan fingerprint density at radius 1 is 0.914 bits per heavy atom. The lowest BCUT2D eigenvalue weighted by Gasteiger charge is -2.36. The Bertz CT molecular complexity index is 1310. The van der Waals surface area contributed by atoms with Crippen molar-refractivity contribution in [2.75, 3.05) is 14.2 Å². The molecule has 6 heteroatoms. The van der Waals surface area contributed by atoms with Crippen LogP contribution < -0.4 is 9.47 Å². The maximum absolute atomic E-state index is 13.9. The van der Waals surface area contributed by atoms with E-state index >= 15 is 0 Å². The number of carbonyl (C=O) groups is 2. The molecule has 1 saturated heterocycles. The predicted octanol–water partition coefficient (Wildman–Crippen LogP) is 5.61. The number of rotatable bonds is 6. The van der Waals surface area contributed by atoms with E-state index in [4.69, 9.17) is 18.9 Å². The molecular formula is C29H30O6. The summed E-state index contributed by atoms with van der Waals surface area (Å²) in [4.78, 5) is 26.7. The lowest BCUT2D eigenvalue weighted by Crippen LogP contribution is -2.49. The summed E-state index contributed by atoms with van der Waals surface area (Å²) in [6.07, 6.45) is 0.214. The highest BCUT2D eigenvalue weighted by Gasteiger charge is 2.76. The van der Waals surface area contributed by atoms with Crippen LogP contribution >= 0.6 is 0 Å². The number of fused-ring (bicyclic) bond motifs is 3. The topological polar surface area (TPSA) is 71.1 Å². The molecule has 182 valence electrons. The van der Waals surface area contributed by atoms with E-state index in [2.05, 4.69) is 0 Å². The van der Waals surface area contributed by atoms with Gasteiger partial charge in [0.25, 0.3) is 0 Å². The maximum atomic E-state index is 13.9. The molecule has 0 unspecified atom stereocenters. The van der Waals surface area contributed by atoms with Crippen molar-refractivity contribution in [3.63, 3.8) is 0 Å². The molecule has 5 rings (SSSR count). The molecule has 0 radical (unpaired) electrons. The molecule has 0 amide bonds. The molecular weight excluding hydrogens is 444 g/mol. The van der Waals surface area contributed by atoms with E-state index in [0.29, 0.717) is 29.9 Å². The number of esters is 2. The SMILES string of the molecule is COc1cc([C@H](OC(=O)[C@@]23CC[C@@](C)(C(=O)O2)C3(C)C)c2ccccc2)c(OC)c2ccccc12. The van der Waals surface area contributed by atoms with E-state index in [1.807, 2.05) is 81.4 Å². The molecule has 0 N–H and O–H groups in total. The van der Waals surface area contributed by atoms with Gasteiger partial charge in [-0.05, 0) is 31.4 Å². The lowest BCUT2D eigenvalue weighted by molar-refractivity contribution is -0.186. The van der Waals surface area contributed by atoms with Gasteiger partial charge in [-0.2, -0.15) is 0 Å². The molecule has 0 aromatic heterocycles. The minimum atomic E-state index is -1.33. The maximum Gasteiger partial charge on any atom is 0.352 e. The van der Waals surface area contributed by atoms with Crippen molar-refractivity contribution < 1.29 is 28.5 Å². The highest BCUT2D eigenvalue weighted by atomic mass is 16.6. The third kappa shape index (κ3) is 3.08. The van der Waals surface area contributed by atoms with E-state index in [1.165, 1.54) is 0 Å². The van der Waals surface area contributed by atoms with Crippen molar-refractivity contribution in [3.8, 4) is 11.5 Å². The summed E-state index contributed by atoms with van der Waals surface area (Å²) in [6, 6.07) is 19.1. The number of hydrogen-bond donors (Lipinski definition) is 0. The van der Waals surface area contributed by atoms with Crippen LogP contribution in [0.15, 0.2) is 60.7 Å². The van der Waals surface area contributed by atoms with Crippen LogP contribution in [0.25, 0.3) is 10.8 Å². The summed E-state index contributed by atoms with van der Waals surface area (Å²) in [6.45, 7) is 5.72.